The summed E-state index contributed by atoms with van der Waals surface area (Å²) in [6, 6.07) is 0. The summed E-state index contributed by atoms with van der Waals surface area (Å²) in [5.74, 6) is 0. The Morgan fingerprint density at radius 3 is 2.00 bits per heavy atom. The Bertz CT molecular complexity index is 176. The Labute approximate surface area is 87.7 Å². The molecule has 0 spiro atoms. The van der Waals surface area contributed by atoms with Crippen molar-refractivity contribution in [2.75, 3.05) is 13.2 Å². The Hall–Kier alpha value is -0.423. The van der Waals surface area contributed by atoms with Crippen molar-refractivity contribution < 1.29 is 13.3 Å². The molecule has 0 amide bonds. The average molecular weight is 216 g/mol. The number of hydrogen-bond donors (Lipinski definition) is 0. The highest BCUT2D eigenvalue weighted by Crippen LogP contribution is 2.14. The van der Waals surface area contributed by atoms with Crippen LogP contribution in [0.25, 0.3) is 0 Å². The molecule has 4 heteroatoms. The van der Waals surface area contributed by atoms with Crippen LogP contribution in [-0.4, -0.2) is 28.1 Å². The van der Waals surface area contributed by atoms with E-state index < -0.39 is 8.80 Å². The maximum atomic E-state index is 5.68. The summed E-state index contributed by atoms with van der Waals surface area (Å²) in [4.78, 5) is 0. The van der Waals surface area contributed by atoms with Crippen LogP contribution in [0.3, 0.4) is 0 Å². The Kier molecular flexibility index (Phi) is 6.74. The van der Waals surface area contributed by atoms with Crippen LogP contribution >= 0.6 is 0 Å². The summed E-state index contributed by atoms with van der Waals surface area (Å²) in [5.41, 5.74) is 1.65. The lowest BCUT2D eigenvalue weighted by molar-refractivity contribution is 0.0647. The van der Waals surface area contributed by atoms with Gasteiger partial charge < -0.3 is 13.3 Å². The maximum Gasteiger partial charge on any atom is 0.529 e. The average Bonchev–Trinajstić information content (AvgIpc) is 2.18. The van der Waals surface area contributed by atoms with Gasteiger partial charge in [0.05, 0.1) is 6.10 Å². The van der Waals surface area contributed by atoms with E-state index in [1.807, 2.05) is 20.8 Å². The molecule has 82 valence electrons. The molecule has 0 N–H and O–H groups in total. The Morgan fingerprint density at radius 1 is 1.21 bits per heavy atom. The first kappa shape index (κ1) is 13.6. The van der Waals surface area contributed by atoms with Crippen molar-refractivity contribution in [3.63, 3.8) is 0 Å². The monoisotopic (exact) mass is 216 g/mol. The fraction of sp³-hybridized carbons (Fsp3) is 0.600. The van der Waals surface area contributed by atoms with Gasteiger partial charge in [-0.25, -0.2) is 0 Å². The summed E-state index contributed by atoms with van der Waals surface area (Å²) in [6.45, 7) is 14.2. The first-order chi connectivity index (χ1) is 6.64. The lowest BCUT2D eigenvalue weighted by atomic mass is 10.4. The van der Waals surface area contributed by atoms with Crippen LogP contribution in [0.5, 0.6) is 0 Å². The molecule has 0 radical (unpaired) electrons. The van der Waals surface area contributed by atoms with Gasteiger partial charge in [0.2, 0.25) is 0 Å². The fourth-order valence-corrected chi connectivity index (χ4v) is 2.96. The van der Waals surface area contributed by atoms with E-state index in [2.05, 4.69) is 13.2 Å². The number of rotatable bonds is 8. The zero-order valence-corrected chi connectivity index (χ0v) is 10.3. The lowest BCUT2D eigenvalue weighted by Gasteiger charge is -2.27. The van der Waals surface area contributed by atoms with Crippen molar-refractivity contribution in [2.24, 2.45) is 0 Å². The molecule has 3 nitrogen and oxygen atoms in total. The molecule has 0 aromatic heterocycles. The molecule has 0 heterocycles. The first-order valence-corrected chi connectivity index (χ1v) is 6.66. The number of hydrogen-bond acceptors (Lipinski definition) is 3. The zero-order chi connectivity index (χ0) is 11.0. The van der Waals surface area contributed by atoms with Gasteiger partial charge in [0.1, 0.15) is 0 Å². The minimum Gasteiger partial charge on any atom is -0.371 e. The summed E-state index contributed by atoms with van der Waals surface area (Å²) in [6.07, 6.45) is 1.63. The van der Waals surface area contributed by atoms with Gasteiger partial charge in [0.25, 0.3) is 0 Å². The van der Waals surface area contributed by atoms with Crippen molar-refractivity contribution in [3.05, 3.63) is 24.9 Å². The lowest BCUT2D eigenvalue weighted by Crippen LogP contribution is -2.46. The predicted molar refractivity (Wildman–Crippen MR) is 59.9 cm³/mol. The molecule has 0 saturated carbocycles. The van der Waals surface area contributed by atoms with Crippen LogP contribution in [-0.2, 0) is 13.3 Å². The topological polar surface area (TPSA) is 27.7 Å². The largest absolute Gasteiger partial charge is 0.529 e. The molecule has 0 aliphatic carbocycles. The molecule has 0 aliphatic heterocycles. The molecule has 1 unspecified atom stereocenters. The van der Waals surface area contributed by atoms with E-state index in [1.54, 1.807) is 11.8 Å². The Balaban J connectivity index is 4.46. The van der Waals surface area contributed by atoms with Gasteiger partial charge in [-0.3, -0.25) is 0 Å². The molecule has 14 heavy (non-hydrogen) atoms. The second-order valence-corrected chi connectivity index (χ2v) is 5.16. The third kappa shape index (κ3) is 4.19. The van der Waals surface area contributed by atoms with E-state index in [1.165, 1.54) is 0 Å². The quantitative estimate of drug-likeness (QED) is 0.460. The highest BCUT2D eigenvalue weighted by Gasteiger charge is 2.38. The van der Waals surface area contributed by atoms with Crippen molar-refractivity contribution in [1.29, 1.82) is 0 Å². The molecular weight excluding hydrogens is 196 g/mol. The summed E-state index contributed by atoms with van der Waals surface area (Å²) in [7, 11) is -2.66. The minimum absolute atomic E-state index is 0.0854. The van der Waals surface area contributed by atoms with E-state index in [9.17, 15) is 0 Å². The van der Waals surface area contributed by atoms with E-state index in [4.69, 9.17) is 13.3 Å². The van der Waals surface area contributed by atoms with Crippen LogP contribution in [0.4, 0.5) is 0 Å². The van der Waals surface area contributed by atoms with Crippen LogP contribution in [0, 0.1) is 0 Å². The van der Waals surface area contributed by atoms with E-state index in [-0.39, 0.29) is 6.10 Å². The summed E-state index contributed by atoms with van der Waals surface area (Å²) in [5, 5.41) is 0. The van der Waals surface area contributed by atoms with E-state index >= 15 is 0 Å². The molecule has 0 bridgehead atoms. The van der Waals surface area contributed by atoms with Gasteiger partial charge in [-0.1, -0.05) is 12.7 Å². The second kappa shape index (κ2) is 6.95. The fourth-order valence-electron chi connectivity index (χ4n) is 0.985. The standard InChI is InChI=1S/C10H20O3Si/c1-6-10(5)13-14(9-4,11-7-2)12-8-3/h6,9-10H,1,4,7-8H2,2-3,5H3. The highest BCUT2D eigenvalue weighted by atomic mass is 28.4. The van der Waals surface area contributed by atoms with Crippen LogP contribution in [0.2, 0.25) is 0 Å². The van der Waals surface area contributed by atoms with Crippen molar-refractivity contribution in [1.82, 2.24) is 0 Å². The van der Waals surface area contributed by atoms with Crippen molar-refractivity contribution >= 4 is 8.80 Å². The van der Waals surface area contributed by atoms with Crippen LogP contribution in [0.15, 0.2) is 24.9 Å². The van der Waals surface area contributed by atoms with Gasteiger partial charge in [-0.2, -0.15) is 0 Å². The third-order valence-electron chi connectivity index (χ3n) is 1.62. The second-order valence-electron chi connectivity index (χ2n) is 2.73. The zero-order valence-electron chi connectivity index (χ0n) is 9.29. The third-order valence-corrected chi connectivity index (χ3v) is 4.21. The summed E-state index contributed by atoms with van der Waals surface area (Å²) >= 11 is 0. The maximum absolute atomic E-state index is 5.68. The van der Waals surface area contributed by atoms with Crippen molar-refractivity contribution in [2.45, 2.75) is 26.9 Å². The van der Waals surface area contributed by atoms with Crippen LogP contribution in [0.1, 0.15) is 20.8 Å². The molecule has 0 rings (SSSR count). The molecule has 1 atom stereocenters. The highest BCUT2D eigenvalue weighted by molar-refractivity contribution is 6.66. The minimum atomic E-state index is -2.66. The normalized spacial score (nSPS) is 13.6. The predicted octanol–water partition coefficient (Wildman–Crippen LogP) is 2.31. The summed E-state index contributed by atoms with van der Waals surface area (Å²) < 4.78 is 16.7. The molecule has 0 aliphatic rings. The molecule has 0 aromatic carbocycles. The van der Waals surface area contributed by atoms with Gasteiger partial charge >= 0.3 is 8.80 Å². The molecule has 0 fully saturated rings. The SMILES string of the molecule is C=CC(C)O[Si](C=C)(OCC)OCC. The van der Waals surface area contributed by atoms with Crippen molar-refractivity contribution in [3.8, 4) is 0 Å². The molecular formula is C10H20O3Si. The van der Waals surface area contributed by atoms with E-state index in [0.717, 1.165) is 0 Å². The molecule has 0 saturated heterocycles. The van der Waals surface area contributed by atoms with Gasteiger partial charge in [0.15, 0.2) is 0 Å². The van der Waals surface area contributed by atoms with Gasteiger partial charge in [0, 0.05) is 13.2 Å². The van der Waals surface area contributed by atoms with Gasteiger partial charge in [-0.05, 0) is 26.5 Å². The smallest absolute Gasteiger partial charge is 0.371 e. The van der Waals surface area contributed by atoms with Crippen LogP contribution < -0.4 is 0 Å². The Morgan fingerprint density at radius 2 is 1.71 bits per heavy atom. The first-order valence-electron chi connectivity index (χ1n) is 4.86. The van der Waals surface area contributed by atoms with Gasteiger partial charge in [-0.15, -0.1) is 6.58 Å². The molecule has 0 aromatic rings. The van der Waals surface area contributed by atoms with E-state index in [0.29, 0.717) is 13.2 Å².